The van der Waals surface area contributed by atoms with Gasteiger partial charge in [-0.25, -0.2) is 0 Å². The Morgan fingerprint density at radius 3 is 2.56 bits per heavy atom. The van der Waals surface area contributed by atoms with Crippen molar-refractivity contribution in [3.8, 4) is 5.75 Å². The first-order valence-corrected chi connectivity index (χ1v) is 6.08. The lowest BCUT2D eigenvalue weighted by Gasteiger charge is -2.09. The second-order valence-electron chi connectivity index (χ2n) is 3.96. The van der Waals surface area contributed by atoms with Crippen LogP contribution in [0.5, 0.6) is 5.75 Å². The molecular weight excluding hydrogens is 230 g/mol. The number of amidine groups is 1. The van der Waals surface area contributed by atoms with Crippen molar-refractivity contribution in [3.05, 3.63) is 29.8 Å². The largest absolute Gasteiger partial charge is 0.494 e. The molecule has 0 aliphatic carbocycles. The van der Waals surface area contributed by atoms with Gasteiger partial charge in [0.25, 0.3) is 0 Å². The summed E-state index contributed by atoms with van der Waals surface area (Å²) in [7, 11) is 0. The Balaban J connectivity index is 2.71. The van der Waals surface area contributed by atoms with Gasteiger partial charge in [0.1, 0.15) is 11.6 Å². The minimum absolute atomic E-state index is 0.102. The Kier molecular flexibility index (Phi) is 6.18. The van der Waals surface area contributed by atoms with Gasteiger partial charge in [-0.15, -0.1) is 0 Å². The summed E-state index contributed by atoms with van der Waals surface area (Å²) in [4.78, 5) is 4.15. The maximum Gasteiger partial charge on any atom is 0.126 e. The van der Waals surface area contributed by atoms with Gasteiger partial charge in [0.15, 0.2) is 0 Å². The number of aliphatic hydroxyl groups excluding tert-OH is 1. The van der Waals surface area contributed by atoms with E-state index < -0.39 is 0 Å². The highest BCUT2D eigenvalue weighted by molar-refractivity contribution is 5.97. The number of aliphatic imine (C=N–C) groups is 1. The summed E-state index contributed by atoms with van der Waals surface area (Å²) in [6, 6.07) is 7.04. The Bertz CT molecular complexity index is 372. The Morgan fingerprint density at radius 1 is 1.39 bits per heavy atom. The van der Waals surface area contributed by atoms with Crippen LogP contribution >= 0.6 is 0 Å². The van der Waals surface area contributed by atoms with Crippen molar-refractivity contribution in [1.82, 2.24) is 0 Å². The van der Waals surface area contributed by atoms with Gasteiger partial charge in [0.05, 0.1) is 19.3 Å². The second kappa shape index (κ2) is 7.68. The van der Waals surface area contributed by atoms with Crippen molar-refractivity contribution in [2.45, 2.75) is 19.4 Å². The molecule has 0 saturated heterocycles. The topological polar surface area (TPSA) is 93.9 Å². The van der Waals surface area contributed by atoms with E-state index in [0.29, 0.717) is 12.4 Å². The van der Waals surface area contributed by atoms with Gasteiger partial charge < -0.3 is 21.3 Å². The summed E-state index contributed by atoms with van der Waals surface area (Å²) >= 11 is 0. The molecule has 0 amide bonds. The van der Waals surface area contributed by atoms with E-state index in [4.69, 9.17) is 21.3 Å². The van der Waals surface area contributed by atoms with Gasteiger partial charge in [0, 0.05) is 12.1 Å². The molecule has 0 bridgehead atoms. The van der Waals surface area contributed by atoms with Crippen LogP contribution < -0.4 is 16.2 Å². The van der Waals surface area contributed by atoms with E-state index in [9.17, 15) is 0 Å². The quantitative estimate of drug-likeness (QED) is 0.486. The van der Waals surface area contributed by atoms with E-state index in [1.165, 1.54) is 0 Å². The van der Waals surface area contributed by atoms with Crippen molar-refractivity contribution < 1.29 is 9.84 Å². The van der Waals surface area contributed by atoms with Crippen LogP contribution in [-0.2, 0) is 0 Å². The summed E-state index contributed by atoms with van der Waals surface area (Å²) in [6.07, 6.45) is 0.972. The summed E-state index contributed by atoms with van der Waals surface area (Å²) in [5.41, 5.74) is 12.1. The standard InChI is InChI=1S/C13H21N3O2/c1-2-7-18-12-5-3-10(4-6-12)13(15)16-11(8-14)9-17/h3-6,11,17H,2,7-9,14H2,1H3,(H2,15,16)/t11-/m1/s1. The molecule has 0 heterocycles. The van der Waals surface area contributed by atoms with E-state index in [-0.39, 0.29) is 19.2 Å². The van der Waals surface area contributed by atoms with Crippen LogP contribution in [0.25, 0.3) is 0 Å². The number of aliphatic hydroxyl groups is 1. The fraction of sp³-hybridized carbons (Fsp3) is 0.462. The average molecular weight is 251 g/mol. The molecule has 100 valence electrons. The first-order valence-electron chi connectivity index (χ1n) is 6.08. The third-order valence-corrected chi connectivity index (χ3v) is 2.43. The van der Waals surface area contributed by atoms with Crippen molar-refractivity contribution in [1.29, 1.82) is 0 Å². The number of hydrogen-bond donors (Lipinski definition) is 3. The summed E-state index contributed by atoms with van der Waals surface area (Å²) < 4.78 is 5.47. The highest BCUT2D eigenvalue weighted by Crippen LogP contribution is 2.12. The maximum atomic E-state index is 9.00. The van der Waals surface area contributed by atoms with Gasteiger partial charge in [-0.2, -0.15) is 0 Å². The molecule has 0 saturated carbocycles. The molecule has 0 fully saturated rings. The van der Waals surface area contributed by atoms with E-state index in [0.717, 1.165) is 17.7 Å². The normalized spacial score (nSPS) is 13.4. The summed E-state index contributed by atoms with van der Waals surface area (Å²) in [6.45, 7) is 2.92. The predicted octanol–water partition coefficient (Wildman–Crippen LogP) is 0.500. The van der Waals surface area contributed by atoms with Crippen LogP contribution in [0.15, 0.2) is 29.3 Å². The van der Waals surface area contributed by atoms with Gasteiger partial charge in [0.2, 0.25) is 0 Å². The van der Waals surface area contributed by atoms with E-state index in [2.05, 4.69) is 11.9 Å². The molecule has 0 radical (unpaired) electrons. The van der Waals surface area contributed by atoms with Crippen LogP contribution in [-0.4, -0.2) is 36.7 Å². The molecule has 0 aromatic heterocycles. The molecule has 0 aliphatic heterocycles. The molecule has 1 rings (SSSR count). The Hall–Kier alpha value is -1.59. The Labute approximate surface area is 107 Å². The van der Waals surface area contributed by atoms with Crippen molar-refractivity contribution in [3.63, 3.8) is 0 Å². The lowest BCUT2D eigenvalue weighted by Crippen LogP contribution is -2.26. The maximum absolute atomic E-state index is 9.00. The first kappa shape index (κ1) is 14.5. The fourth-order valence-electron chi connectivity index (χ4n) is 1.38. The number of rotatable bonds is 7. The smallest absolute Gasteiger partial charge is 0.126 e. The number of benzene rings is 1. The average Bonchev–Trinajstić information content (AvgIpc) is 2.42. The van der Waals surface area contributed by atoms with Crippen LogP contribution in [0.1, 0.15) is 18.9 Å². The second-order valence-corrected chi connectivity index (χ2v) is 3.96. The third kappa shape index (κ3) is 4.35. The highest BCUT2D eigenvalue weighted by atomic mass is 16.5. The SMILES string of the molecule is CCCOc1ccc(C(N)=N[C@H](CN)CO)cc1. The molecule has 5 nitrogen and oxygen atoms in total. The van der Waals surface area contributed by atoms with Crippen LogP contribution in [0.4, 0.5) is 0 Å². The van der Waals surface area contributed by atoms with Crippen LogP contribution in [0.2, 0.25) is 0 Å². The van der Waals surface area contributed by atoms with Crippen molar-refractivity contribution in [2.75, 3.05) is 19.8 Å². The molecule has 1 aromatic rings. The molecule has 0 aliphatic rings. The minimum atomic E-state index is -0.346. The van der Waals surface area contributed by atoms with E-state index in [1.807, 2.05) is 24.3 Å². The molecular formula is C13H21N3O2. The zero-order valence-corrected chi connectivity index (χ0v) is 10.7. The van der Waals surface area contributed by atoms with Gasteiger partial charge in [-0.05, 0) is 30.7 Å². The van der Waals surface area contributed by atoms with Gasteiger partial charge >= 0.3 is 0 Å². The number of nitrogens with two attached hydrogens (primary N) is 2. The molecule has 1 aromatic carbocycles. The molecule has 0 spiro atoms. The fourth-order valence-corrected chi connectivity index (χ4v) is 1.38. The molecule has 18 heavy (non-hydrogen) atoms. The first-order chi connectivity index (χ1) is 8.71. The molecule has 5 heteroatoms. The lowest BCUT2D eigenvalue weighted by molar-refractivity contribution is 0.269. The van der Waals surface area contributed by atoms with E-state index in [1.54, 1.807) is 0 Å². The number of ether oxygens (including phenoxy) is 1. The molecule has 5 N–H and O–H groups in total. The van der Waals surface area contributed by atoms with Crippen molar-refractivity contribution in [2.24, 2.45) is 16.5 Å². The number of nitrogens with zero attached hydrogens (tertiary/aromatic N) is 1. The number of hydrogen-bond acceptors (Lipinski definition) is 4. The third-order valence-electron chi connectivity index (χ3n) is 2.43. The molecule has 0 unspecified atom stereocenters. The van der Waals surface area contributed by atoms with Gasteiger partial charge in [-0.3, -0.25) is 4.99 Å². The van der Waals surface area contributed by atoms with Crippen LogP contribution in [0, 0.1) is 0 Å². The summed E-state index contributed by atoms with van der Waals surface area (Å²) in [5, 5.41) is 9.00. The zero-order chi connectivity index (χ0) is 13.4. The Morgan fingerprint density at radius 2 is 2.06 bits per heavy atom. The minimum Gasteiger partial charge on any atom is -0.494 e. The summed E-state index contributed by atoms with van der Waals surface area (Å²) in [5.74, 6) is 1.19. The van der Waals surface area contributed by atoms with E-state index >= 15 is 0 Å². The molecule has 1 atom stereocenters. The van der Waals surface area contributed by atoms with Crippen molar-refractivity contribution >= 4 is 5.84 Å². The highest BCUT2D eigenvalue weighted by Gasteiger charge is 2.05. The lowest BCUT2D eigenvalue weighted by atomic mass is 10.2. The van der Waals surface area contributed by atoms with Gasteiger partial charge in [-0.1, -0.05) is 6.92 Å². The van der Waals surface area contributed by atoms with Crippen LogP contribution in [0.3, 0.4) is 0 Å². The predicted molar refractivity (Wildman–Crippen MR) is 72.9 cm³/mol. The zero-order valence-electron chi connectivity index (χ0n) is 10.7. The monoisotopic (exact) mass is 251 g/mol.